The Labute approximate surface area is 116 Å². The number of hydrogen-bond acceptors (Lipinski definition) is 3. The molecule has 15 heavy (non-hydrogen) atoms. The first kappa shape index (κ1) is 18.0. The zero-order chi connectivity index (χ0) is 10.8. The normalized spacial score (nSPS) is 11.7. The standard InChI is InChI=1S/C11H22O2S.Sb.3H/c1-3-5-6-10(4-2)9-13-11(12)7-8-14;;;;/h10,14H,3-9H2,1-2H3;;;;. The second-order valence-corrected chi connectivity index (χ2v) is 4.02. The molecule has 1 atom stereocenters. The summed E-state index contributed by atoms with van der Waals surface area (Å²) in [5.74, 6) is 0.999. The third-order valence-electron chi connectivity index (χ3n) is 2.34. The van der Waals surface area contributed by atoms with Crippen molar-refractivity contribution in [3.05, 3.63) is 0 Å². The van der Waals surface area contributed by atoms with Crippen molar-refractivity contribution in [1.82, 2.24) is 0 Å². The van der Waals surface area contributed by atoms with E-state index in [4.69, 9.17) is 4.74 Å². The quantitative estimate of drug-likeness (QED) is 0.414. The van der Waals surface area contributed by atoms with Crippen LogP contribution in [0.15, 0.2) is 0 Å². The average Bonchev–Trinajstić information content (AvgIpc) is 2.19. The van der Waals surface area contributed by atoms with E-state index in [2.05, 4.69) is 26.5 Å². The first-order chi connectivity index (χ1) is 6.74. The van der Waals surface area contributed by atoms with Gasteiger partial charge < -0.3 is 4.74 Å². The third-order valence-corrected chi connectivity index (χ3v) is 2.56. The van der Waals surface area contributed by atoms with Gasteiger partial charge in [-0.25, -0.2) is 0 Å². The fraction of sp³-hybridized carbons (Fsp3) is 0.909. The summed E-state index contributed by atoms with van der Waals surface area (Å²) in [6.45, 7) is 4.91. The van der Waals surface area contributed by atoms with Crippen LogP contribution in [0.4, 0.5) is 0 Å². The maximum atomic E-state index is 11.1. The zero-order valence-electron chi connectivity index (χ0n) is 10.00. The van der Waals surface area contributed by atoms with Crippen molar-refractivity contribution in [3.63, 3.8) is 0 Å². The molecule has 2 nitrogen and oxygen atoms in total. The number of carbonyl (C=O) groups is 1. The van der Waals surface area contributed by atoms with Gasteiger partial charge in [0, 0.05) is 5.75 Å². The maximum absolute atomic E-state index is 11.1. The molecule has 0 fully saturated rings. The van der Waals surface area contributed by atoms with Crippen LogP contribution in [0, 0.1) is 5.92 Å². The Morgan fingerprint density at radius 3 is 2.53 bits per heavy atom. The van der Waals surface area contributed by atoms with Gasteiger partial charge in [0.15, 0.2) is 0 Å². The van der Waals surface area contributed by atoms with Gasteiger partial charge in [-0.15, -0.1) is 0 Å². The summed E-state index contributed by atoms with van der Waals surface area (Å²) in [5.41, 5.74) is 0. The molecule has 0 radical (unpaired) electrons. The summed E-state index contributed by atoms with van der Waals surface area (Å²) in [4.78, 5) is 11.1. The zero-order valence-corrected chi connectivity index (χ0v) is 14.9. The van der Waals surface area contributed by atoms with Crippen LogP contribution < -0.4 is 0 Å². The molecule has 4 heteroatoms. The summed E-state index contributed by atoms with van der Waals surface area (Å²) in [6.07, 6.45) is 5.12. The van der Waals surface area contributed by atoms with Crippen molar-refractivity contribution < 1.29 is 9.53 Å². The van der Waals surface area contributed by atoms with E-state index in [1.807, 2.05) is 0 Å². The summed E-state index contributed by atoms with van der Waals surface area (Å²) < 4.78 is 5.14. The van der Waals surface area contributed by atoms with Crippen molar-refractivity contribution in [3.8, 4) is 0 Å². The van der Waals surface area contributed by atoms with Crippen LogP contribution in [0.25, 0.3) is 0 Å². The molecule has 0 spiro atoms. The molecular weight excluding hydrogens is 318 g/mol. The first-order valence-electron chi connectivity index (χ1n) is 5.51. The van der Waals surface area contributed by atoms with Gasteiger partial charge in [0.1, 0.15) is 0 Å². The molecule has 0 amide bonds. The number of thiol groups is 1. The first-order valence-corrected chi connectivity index (χ1v) is 6.14. The molecule has 0 heterocycles. The van der Waals surface area contributed by atoms with Gasteiger partial charge in [0.05, 0.1) is 13.0 Å². The Kier molecular flexibility index (Phi) is 15.3. The number of esters is 1. The van der Waals surface area contributed by atoms with Gasteiger partial charge >= 0.3 is 30.4 Å². The molecule has 0 rings (SSSR count). The van der Waals surface area contributed by atoms with E-state index in [9.17, 15) is 4.79 Å². The summed E-state index contributed by atoms with van der Waals surface area (Å²) in [5, 5.41) is 0. The molecule has 0 aliphatic rings. The minimum absolute atomic E-state index is 0. The molecular formula is C11H25O2SSb. The Morgan fingerprint density at radius 2 is 2.07 bits per heavy atom. The predicted molar refractivity (Wildman–Crippen MR) is 72.7 cm³/mol. The van der Waals surface area contributed by atoms with Crippen LogP contribution in [0.3, 0.4) is 0 Å². The molecule has 0 saturated heterocycles. The SMILES string of the molecule is CCCCC(CC)COC(=O)CCS.[SbH3]. The van der Waals surface area contributed by atoms with Crippen LogP contribution in [-0.4, -0.2) is 42.8 Å². The van der Waals surface area contributed by atoms with Crippen LogP contribution in [0.2, 0.25) is 0 Å². The van der Waals surface area contributed by atoms with Crippen molar-refractivity contribution >= 4 is 43.0 Å². The molecule has 0 saturated carbocycles. The van der Waals surface area contributed by atoms with E-state index in [0.717, 1.165) is 6.42 Å². The Hall–Kier alpha value is 0.638. The number of unbranched alkanes of at least 4 members (excludes halogenated alkanes) is 1. The Balaban J connectivity index is 0. The van der Waals surface area contributed by atoms with E-state index >= 15 is 0 Å². The summed E-state index contributed by atoms with van der Waals surface area (Å²) >= 11 is 3.98. The summed E-state index contributed by atoms with van der Waals surface area (Å²) in [6, 6.07) is 0. The molecule has 0 aliphatic heterocycles. The van der Waals surface area contributed by atoms with Crippen molar-refractivity contribution in [2.24, 2.45) is 5.92 Å². The molecule has 0 aromatic carbocycles. The number of ether oxygens (including phenoxy) is 1. The van der Waals surface area contributed by atoms with Crippen LogP contribution in [0.1, 0.15) is 46.0 Å². The van der Waals surface area contributed by atoms with Crippen molar-refractivity contribution in [2.45, 2.75) is 46.0 Å². The molecule has 0 aromatic rings. The molecule has 0 N–H and O–H groups in total. The molecule has 1 unspecified atom stereocenters. The Morgan fingerprint density at radius 1 is 1.40 bits per heavy atom. The second kappa shape index (κ2) is 12.7. The van der Waals surface area contributed by atoms with Gasteiger partial charge in [-0.3, -0.25) is 4.79 Å². The number of rotatable bonds is 8. The van der Waals surface area contributed by atoms with E-state index in [1.54, 1.807) is 0 Å². The average molecular weight is 343 g/mol. The van der Waals surface area contributed by atoms with Gasteiger partial charge in [0.25, 0.3) is 0 Å². The minimum atomic E-state index is -0.116. The van der Waals surface area contributed by atoms with E-state index in [0.29, 0.717) is 24.7 Å². The topological polar surface area (TPSA) is 26.3 Å². The van der Waals surface area contributed by atoms with Gasteiger partial charge in [-0.1, -0.05) is 33.1 Å². The van der Waals surface area contributed by atoms with Gasteiger partial charge in [-0.05, 0) is 12.3 Å². The molecule has 92 valence electrons. The van der Waals surface area contributed by atoms with E-state index < -0.39 is 0 Å². The van der Waals surface area contributed by atoms with Gasteiger partial charge in [-0.2, -0.15) is 12.6 Å². The number of carbonyl (C=O) groups excluding carboxylic acids is 1. The van der Waals surface area contributed by atoms with Crippen LogP contribution >= 0.6 is 12.6 Å². The molecule has 0 aromatic heterocycles. The Bertz CT molecular complexity index is 154. The van der Waals surface area contributed by atoms with Gasteiger partial charge in [0.2, 0.25) is 0 Å². The number of hydrogen-bond donors (Lipinski definition) is 1. The van der Waals surface area contributed by atoms with Crippen molar-refractivity contribution in [2.75, 3.05) is 12.4 Å². The monoisotopic (exact) mass is 342 g/mol. The second-order valence-electron chi connectivity index (χ2n) is 3.57. The fourth-order valence-corrected chi connectivity index (χ4v) is 1.45. The van der Waals surface area contributed by atoms with E-state index in [-0.39, 0.29) is 30.4 Å². The molecule has 0 aliphatic carbocycles. The third kappa shape index (κ3) is 10.9. The van der Waals surface area contributed by atoms with E-state index in [1.165, 1.54) is 19.3 Å². The van der Waals surface area contributed by atoms with Crippen LogP contribution in [-0.2, 0) is 9.53 Å². The fourth-order valence-electron chi connectivity index (χ4n) is 1.27. The molecule has 0 bridgehead atoms. The van der Waals surface area contributed by atoms with Crippen LogP contribution in [0.5, 0.6) is 0 Å². The van der Waals surface area contributed by atoms with Crippen molar-refractivity contribution in [1.29, 1.82) is 0 Å². The predicted octanol–water partition coefficient (Wildman–Crippen LogP) is 1.88. The summed E-state index contributed by atoms with van der Waals surface area (Å²) in [7, 11) is 0.